The molecule has 0 aliphatic heterocycles. The highest BCUT2D eigenvalue weighted by atomic mass is 19.4. The summed E-state index contributed by atoms with van der Waals surface area (Å²) in [6.07, 6.45) is -4.03. The van der Waals surface area contributed by atoms with Crippen LogP contribution in [-0.4, -0.2) is 0 Å². The molecular formula is C10H10F3N. The van der Waals surface area contributed by atoms with Gasteiger partial charge in [-0.2, -0.15) is 13.2 Å². The normalized spacial score (nSPS) is 11.4. The van der Waals surface area contributed by atoms with E-state index in [0.29, 0.717) is 11.3 Å². The second-order valence-electron chi connectivity index (χ2n) is 3.03. The molecule has 0 aliphatic rings. The number of benzene rings is 1. The van der Waals surface area contributed by atoms with Gasteiger partial charge in [0, 0.05) is 12.1 Å². The SMILES string of the molecule is C=C(N)Cc1cccc(C(F)(F)F)c1. The van der Waals surface area contributed by atoms with Crippen molar-refractivity contribution in [3.05, 3.63) is 47.7 Å². The third kappa shape index (κ3) is 2.80. The zero-order valence-corrected chi connectivity index (χ0v) is 7.43. The van der Waals surface area contributed by atoms with E-state index >= 15 is 0 Å². The molecule has 14 heavy (non-hydrogen) atoms. The zero-order chi connectivity index (χ0) is 10.8. The van der Waals surface area contributed by atoms with E-state index in [9.17, 15) is 13.2 Å². The van der Waals surface area contributed by atoms with Crippen LogP contribution >= 0.6 is 0 Å². The molecule has 0 bridgehead atoms. The number of hydrogen-bond donors (Lipinski definition) is 1. The van der Waals surface area contributed by atoms with Crippen molar-refractivity contribution in [2.24, 2.45) is 5.73 Å². The van der Waals surface area contributed by atoms with E-state index in [1.807, 2.05) is 0 Å². The van der Waals surface area contributed by atoms with E-state index in [2.05, 4.69) is 6.58 Å². The van der Waals surface area contributed by atoms with Crippen LogP contribution in [0.1, 0.15) is 11.1 Å². The second-order valence-corrected chi connectivity index (χ2v) is 3.03. The smallest absolute Gasteiger partial charge is 0.402 e. The van der Waals surface area contributed by atoms with E-state index in [1.54, 1.807) is 6.07 Å². The van der Waals surface area contributed by atoms with Gasteiger partial charge in [0.1, 0.15) is 0 Å². The van der Waals surface area contributed by atoms with Crippen molar-refractivity contribution >= 4 is 0 Å². The fourth-order valence-electron chi connectivity index (χ4n) is 1.12. The molecule has 0 amide bonds. The lowest BCUT2D eigenvalue weighted by Crippen LogP contribution is -2.06. The third-order valence-corrected chi connectivity index (χ3v) is 1.69. The summed E-state index contributed by atoms with van der Waals surface area (Å²) in [5, 5.41) is 0. The van der Waals surface area contributed by atoms with E-state index in [0.717, 1.165) is 12.1 Å². The molecule has 0 aliphatic carbocycles. The van der Waals surface area contributed by atoms with Crippen LogP contribution in [0.5, 0.6) is 0 Å². The average Bonchev–Trinajstić information content (AvgIpc) is 2.01. The van der Waals surface area contributed by atoms with Crippen molar-refractivity contribution in [2.45, 2.75) is 12.6 Å². The molecule has 0 saturated carbocycles. The minimum atomic E-state index is -4.30. The summed E-state index contributed by atoms with van der Waals surface area (Å²) >= 11 is 0. The van der Waals surface area contributed by atoms with Gasteiger partial charge in [-0.3, -0.25) is 0 Å². The van der Waals surface area contributed by atoms with Gasteiger partial charge < -0.3 is 5.73 Å². The lowest BCUT2D eigenvalue weighted by atomic mass is 10.1. The van der Waals surface area contributed by atoms with Gasteiger partial charge in [0.15, 0.2) is 0 Å². The highest BCUT2D eigenvalue weighted by Crippen LogP contribution is 2.29. The van der Waals surface area contributed by atoms with Crippen LogP contribution in [0.4, 0.5) is 13.2 Å². The highest BCUT2D eigenvalue weighted by Gasteiger charge is 2.30. The van der Waals surface area contributed by atoms with Crippen LogP contribution in [0.3, 0.4) is 0 Å². The summed E-state index contributed by atoms with van der Waals surface area (Å²) in [5.41, 5.74) is 5.52. The van der Waals surface area contributed by atoms with Crippen LogP contribution in [0.15, 0.2) is 36.5 Å². The predicted molar refractivity (Wildman–Crippen MR) is 48.5 cm³/mol. The predicted octanol–water partition coefficient (Wildman–Crippen LogP) is 2.72. The van der Waals surface area contributed by atoms with Gasteiger partial charge in [-0.25, -0.2) is 0 Å². The fourth-order valence-corrected chi connectivity index (χ4v) is 1.12. The molecule has 0 spiro atoms. The number of allylic oxidation sites excluding steroid dienone is 1. The topological polar surface area (TPSA) is 26.0 Å². The lowest BCUT2D eigenvalue weighted by Gasteiger charge is -2.08. The third-order valence-electron chi connectivity index (χ3n) is 1.69. The zero-order valence-electron chi connectivity index (χ0n) is 7.43. The Kier molecular flexibility index (Phi) is 2.84. The monoisotopic (exact) mass is 201 g/mol. The Bertz CT molecular complexity index is 341. The van der Waals surface area contributed by atoms with Crippen LogP contribution < -0.4 is 5.73 Å². The minimum Gasteiger partial charge on any atom is -0.402 e. The van der Waals surface area contributed by atoms with Gasteiger partial charge in [0.05, 0.1) is 5.56 Å². The summed E-state index contributed by atoms with van der Waals surface area (Å²) in [6, 6.07) is 5.06. The molecule has 0 radical (unpaired) electrons. The number of hydrogen-bond acceptors (Lipinski definition) is 1. The van der Waals surface area contributed by atoms with Crippen LogP contribution in [0, 0.1) is 0 Å². The van der Waals surface area contributed by atoms with Crippen LogP contribution in [0.2, 0.25) is 0 Å². The Labute approximate surface area is 80.0 Å². The van der Waals surface area contributed by atoms with Gasteiger partial charge in [-0.1, -0.05) is 24.8 Å². The summed E-state index contributed by atoms with van der Waals surface area (Å²) in [4.78, 5) is 0. The van der Waals surface area contributed by atoms with Crippen molar-refractivity contribution in [2.75, 3.05) is 0 Å². The summed E-state index contributed by atoms with van der Waals surface area (Å²) in [5.74, 6) is 0. The summed E-state index contributed by atoms with van der Waals surface area (Å²) < 4.78 is 36.8. The van der Waals surface area contributed by atoms with Gasteiger partial charge in [0.2, 0.25) is 0 Å². The van der Waals surface area contributed by atoms with E-state index < -0.39 is 11.7 Å². The van der Waals surface area contributed by atoms with Crippen molar-refractivity contribution in [3.8, 4) is 0 Å². The van der Waals surface area contributed by atoms with Crippen molar-refractivity contribution in [1.29, 1.82) is 0 Å². The Morgan fingerprint density at radius 2 is 2.00 bits per heavy atom. The molecule has 0 fully saturated rings. The molecule has 0 atom stereocenters. The maximum Gasteiger partial charge on any atom is 0.416 e. The van der Waals surface area contributed by atoms with E-state index in [1.165, 1.54) is 6.07 Å². The van der Waals surface area contributed by atoms with Crippen molar-refractivity contribution in [1.82, 2.24) is 0 Å². The Morgan fingerprint density at radius 1 is 1.36 bits per heavy atom. The first-order chi connectivity index (χ1) is 6.39. The van der Waals surface area contributed by atoms with Gasteiger partial charge in [0.25, 0.3) is 0 Å². The molecule has 4 heteroatoms. The fraction of sp³-hybridized carbons (Fsp3) is 0.200. The molecule has 1 rings (SSSR count). The average molecular weight is 201 g/mol. The van der Waals surface area contributed by atoms with E-state index in [-0.39, 0.29) is 6.42 Å². The van der Waals surface area contributed by atoms with E-state index in [4.69, 9.17) is 5.73 Å². The van der Waals surface area contributed by atoms with Gasteiger partial charge >= 0.3 is 6.18 Å². The molecule has 1 aromatic carbocycles. The quantitative estimate of drug-likeness (QED) is 0.782. The Morgan fingerprint density at radius 3 is 2.50 bits per heavy atom. The summed E-state index contributed by atoms with van der Waals surface area (Å²) in [6.45, 7) is 3.44. The summed E-state index contributed by atoms with van der Waals surface area (Å²) in [7, 11) is 0. The molecule has 0 aromatic heterocycles. The maximum absolute atomic E-state index is 12.3. The first-order valence-electron chi connectivity index (χ1n) is 3.99. The highest BCUT2D eigenvalue weighted by molar-refractivity contribution is 5.27. The largest absolute Gasteiger partial charge is 0.416 e. The maximum atomic E-state index is 12.3. The molecule has 0 heterocycles. The molecule has 0 saturated heterocycles. The van der Waals surface area contributed by atoms with Crippen molar-refractivity contribution < 1.29 is 13.2 Å². The Balaban J connectivity index is 2.95. The molecular weight excluding hydrogens is 191 g/mol. The molecule has 0 unspecified atom stereocenters. The second kappa shape index (κ2) is 3.74. The van der Waals surface area contributed by atoms with Crippen molar-refractivity contribution in [3.63, 3.8) is 0 Å². The Hall–Kier alpha value is -1.45. The first-order valence-corrected chi connectivity index (χ1v) is 3.99. The molecule has 76 valence electrons. The number of halogens is 3. The molecule has 1 aromatic rings. The molecule has 1 nitrogen and oxygen atoms in total. The first kappa shape index (κ1) is 10.6. The van der Waals surface area contributed by atoms with Crippen LogP contribution in [0.25, 0.3) is 0 Å². The number of nitrogens with two attached hydrogens (primary N) is 1. The molecule has 2 N–H and O–H groups in total. The van der Waals surface area contributed by atoms with Gasteiger partial charge in [-0.05, 0) is 11.6 Å². The van der Waals surface area contributed by atoms with Crippen LogP contribution in [-0.2, 0) is 12.6 Å². The standard InChI is InChI=1S/C10H10F3N/c1-7(14)5-8-3-2-4-9(6-8)10(11,12)13/h2-4,6H,1,5,14H2. The van der Waals surface area contributed by atoms with Gasteiger partial charge in [-0.15, -0.1) is 0 Å². The lowest BCUT2D eigenvalue weighted by molar-refractivity contribution is -0.137. The number of rotatable bonds is 2. The number of alkyl halides is 3. The minimum absolute atomic E-state index is 0.268.